The number of anilines is 1. The van der Waals surface area contributed by atoms with E-state index in [2.05, 4.69) is 25.5 Å². The molecule has 0 aliphatic carbocycles. The van der Waals surface area contributed by atoms with Crippen molar-refractivity contribution in [3.8, 4) is 5.75 Å². The first-order chi connectivity index (χ1) is 15.3. The van der Waals surface area contributed by atoms with Gasteiger partial charge in [0.2, 0.25) is 12.1 Å². The molecule has 2 aromatic heterocycles. The summed E-state index contributed by atoms with van der Waals surface area (Å²) in [6.07, 6.45) is -0.945. The summed E-state index contributed by atoms with van der Waals surface area (Å²) in [5.74, 6) is 0.349. The average molecular weight is 454 g/mol. The van der Waals surface area contributed by atoms with Crippen molar-refractivity contribution in [2.75, 3.05) is 18.5 Å². The van der Waals surface area contributed by atoms with Crippen LogP contribution in [0.3, 0.4) is 0 Å². The summed E-state index contributed by atoms with van der Waals surface area (Å²) in [7, 11) is 0. The molecule has 0 atom stereocenters. The molecule has 2 N–H and O–H groups in total. The first-order valence-electron chi connectivity index (χ1n) is 9.61. The van der Waals surface area contributed by atoms with Crippen molar-refractivity contribution in [3.05, 3.63) is 52.7 Å². The Balaban J connectivity index is 0.000000183. The van der Waals surface area contributed by atoms with Gasteiger partial charge in [-0.05, 0) is 24.6 Å². The van der Waals surface area contributed by atoms with E-state index in [0.29, 0.717) is 43.2 Å². The number of hydrogen-bond donors (Lipinski definition) is 2. The van der Waals surface area contributed by atoms with Crippen LogP contribution in [-0.2, 0) is 22.6 Å². The van der Waals surface area contributed by atoms with E-state index in [9.17, 15) is 22.8 Å². The van der Waals surface area contributed by atoms with Crippen LogP contribution in [0.1, 0.15) is 12.5 Å². The molecule has 32 heavy (non-hydrogen) atoms. The second kappa shape index (κ2) is 10.1. The summed E-state index contributed by atoms with van der Waals surface area (Å²) < 4.78 is 47.0. The number of ether oxygens (including phenoxy) is 2. The second-order valence-corrected chi connectivity index (χ2v) is 6.64. The number of carbonyl (C=O) groups is 1. The van der Waals surface area contributed by atoms with Gasteiger partial charge in [0.1, 0.15) is 5.75 Å². The van der Waals surface area contributed by atoms with E-state index >= 15 is 0 Å². The highest BCUT2D eigenvalue weighted by Crippen LogP contribution is 2.22. The number of amides is 1. The van der Waals surface area contributed by atoms with E-state index < -0.39 is 6.36 Å². The molecule has 3 aromatic rings. The monoisotopic (exact) mass is 454 g/mol. The normalized spacial score (nSPS) is 13.6. The van der Waals surface area contributed by atoms with Gasteiger partial charge in [-0.3, -0.25) is 4.79 Å². The topological polar surface area (TPSA) is 112 Å². The van der Waals surface area contributed by atoms with Gasteiger partial charge in [-0.25, -0.2) is 18.9 Å². The maximum Gasteiger partial charge on any atom is 0.573 e. The van der Waals surface area contributed by atoms with E-state index in [4.69, 9.17) is 4.74 Å². The number of nitrogens with zero attached hydrogens (tertiary/aromatic N) is 4. The highest BCUT2D eigenvalue weighted by atomic mass is 19.4. The predicted octanol–water partition coefficient (Wildman–Crippen LogP) is 1.55. The maximum atomic E-state index is 11.9. The molecule has 1 amide bonds. The Morgan fingerprint density at radius 1 is 1.28 bits per heavy atom. The number of carbonyl (C=O) groups excluding carboxylic acids is 1. The first kappa shape index (κ1) is 23.1. The van der Waals surface area contributed by atoms with Crippen molar-refractivity contribution in [2.45, 2.75) is 32.4 Å². The molecule has 3 heterocycles. The van der Waals surface area contributed by atoms with E-state index in [1.165, 1.54) is 33.3 Å². The van der Waals surface area contributed by atoms with Crippen LogP contribution in [0.2, 0.25) is 0 Å². The van der Waals surface area contributed by atoms with Crippen LogP contribution in [0.15, 0.2) is 41.5 Å². The Kier molecular flexibility index (Phi) is 7.30. The Morgan fingerprint density at radius 2 is 2.00 bits per heavy atom. The number of hydrogen-bond acceptors (Lipinski definition) is 7. The number of aryl methyl sites for hydroxylation is 1. The number of benzene rings is 1. The van der Waals surface area contributed by atoms with Gasteiger partial charge in [-0.1, -0.05) is 12.1 Å². The number of rotatable bonds is 7. The smallest absolute Gasteiger partial charge is 0.406 e. The SMILES string of the molecule is CCn1nc2c(NC3COC3)nccn2c1=O.O=CNCc1ccc(OC(F)(F)F)cc1. The standard InChI is InChI=1S/C10H13N5O2.C9H8F3NO2/c1-2-15-10(16)14-4-3-11-8(9(14)13-15)12-7-5-17-6-7;10-9(11,12)15-8-3-1-7(2-4-8)5-13-6-14/h3-4,7H,2,5-6H2,1H3,(H,11,12);1-4,6H,5H2,(H,13,14). The zero-order chi connectivity index (χ0) is 23.1. The summed E-state index contributed by atoms with van der Waals surface area (Å²) in [6.45, 7) is 4.04. The second-order valence-electron chi connectivity index (χ2n) is 6.64. The Hall–Kier alpha value is -3.61. The fourth-order valence-electron chi connectivity index (χ4n) is 2.74. The molecule has 4 rings (SSSR count). The molecule has 0 spiro atoms. The van der Waals surface area contributed by atoms with Gasteiger partial charge in [0.25, 0.3) is 0 Å². The van der Waals surface area contributed by atoms with Crippen LogP contribution >= 0.6 is 0 Å². The first-order valence-corrected chi connectivity index (χ1v) is 9.61. The summed E-state index contributed by atoms with van der Waals surface area (Å²) in [4.78, 5) is 26.0. The van der Waals surface area contributed by atoms with Gasteiger partial charge in [-0.2, -0.15) is 0 Å². The molecular formula is C19H21F3N6O4. The van der Waals surface area contributed by atoms with Gasteiger partial charge >= 0.3 is 12.1 Å². The van der Waals surface area contributed by atoms with Crippen molar-refractivity contribution in [1.82, 2.24) is 24.5 Å². The van der Waals surface area contributed by atoms with Gasteiger partial charge in [-0.15, -0.1) is 18.3 Å². The zero-order valence-electron chi connectivity index (χ0n) is 17.0. The van der Waals surface area contributed by atoms with Crippen LogP contribution in [0.25, 0.3) is 5.65 Å². The number of alkyl halides is 3. The summed E-state index contributed by atoms with van der Waals surface area (Å²) in [6, 6.07) is 5.52. The molecule has 0 radical (unpaired) electrons. The minimum atomic E-state index is -4.68. The summed E-state index contributed by atoms with van der Waals surface area (Å²) in [5, 5.41) is 9.85. The quantitative estimate of drug-likeness (QED) is 0.521. The molecule has 1 aliphatic rings. The van der Waals surface area contributed by atoms with Gasteiger partial charge in [0.05, 0.1) is 19.3 Å². The third-order valence-corrected chi connectivity index (χ3v) is 4.33. The van der Waals surface area contributed by atoms with Gasteiger partial charge < -0.3 is 20.1 Å². The molecule has 1 aromatic carbocycles. The lowest BCUT2D eigenvalue weighted by molar-refractivity contribution is -0.274. The molecule has 13 heteroatoms. The predicted molar refractivity (Wildman–Crippen MR) is 107 cm³/mol. The Labute approximate surface area is 180 Å². The number of fused-ring (bicyclic) bond motifs is 1. The van der Waals surface area contributed by atoms with Gasteiger partial charge in [0.15, 0.2) is 5.82 Å². The molecule has 1 fully saturated rings. The largest absolute Gasteiger partial charge is 0.573 e. The van der Waals surface area contributed by atoms with Crippen molar-refractivity contribution < 1.29 is 27.4 Å². The highest BCUT2D eigenvalue weighted by molar-refractivity contribution is 5.62. The highest BCUT2D eigenvalue weighted by Gasteiger charge is 2.30. The molecule has 1 saturated heterocycles. The van der Waals surface area contributed by atoms with Crippen LogP contribution < -0.4 is 21.1 Å². The van der Waals surface area contributed by atoms with E-state index in [1.807, 2.05) is 6.92 Å². The summed E-state index contributed by atoms with van der Waals surface area (Å²) >= 11 is 0. The van der Waals surface area contributed by atoms with Crippen molar-refractivity contribution in [3.63, 3.8) is 0 Å². The van der Waals surface area contributed by atoms with Crippen LogP contribution in [0, 0.1) is 0 Å². The minimum Gasteiger partial charge on any atom is -0.406 e. The molecule has 10 nitrogen and oxygen atoms in total. The lowest BCUT2D eigenvalue weighted by Gasteiger charge is -2.27. The van der Waals surface area contributed by atoms with Crippen molar-refractivity contribution in [2.24, 2.45) is 0 Å². The molecule has 0 saturated carbocycles. The molecular weight excluding hydrogens is 433 g/mol. The van der Waals surface area contributed by atoms with E-state index in [0.717, 1.165) is 0 Å². The minimum absolute atomic E-state index is 0.141. The van der Waals surface area contributed by atoms with E-state index in [-0.39, 0.29) is 24.0 Å². The maximum absolute atomic E-state index is 11.9. The molecule has 0 unspecified atom stereocenters. The molecule has 1 aliphatic heterocycles. The average Bonchev–Trinajstić information content (AvgIpc) is 3.06. The van der Waals surface area contributed by atoms with Crippen molar-refractivity contribution in [1.29, 1.82) is 0 Å². The Morgan fingerprint density at radius 3 is 2.56 bits per heavy atom. The van der Waals surface area contributed by atoms with Crippen LogP contribution in [0.4, 0.5) is 19.0 Å². The number of halogens is 3. The number of aromatic nitrogens is 4. The summed E-state index contributed by atoms with van der Waals surface area (Å²) in [5.41, 5.74) is 1.11. The van der Waals surface area contributed by atoms with Crippen molar-refractivity contribution >= 4 is 17.9 Å². The third-order valence-electron chi connectivity index (χ3n) is 4.33. The van der Waals surface area contributed by atoms with E-state index in [1.54, 1.807) is 12.4 Å². The molecule has 172 valence electrons. The number of nitrogens with one attached hydrogen (secondary N) is 2. The fraction of sp³-hybridized carbons (Fsp3) is 0.368. The zero-order valence-corrected chi connectivity index (χ0v) is 17.0. The van der Waals surface area contributed by atoms with Gasteiger partial charge in [0, 0.05) is 25.5 Å². The van der Waals surface area contributed by atoms with Crippen LogP contribution in [0.5, 0.6) is 5.75 Å². The third kappa shape index (κ3) is 5.97. The molecule has 0 bridgehead atoms. The Bertz CT molecular complexity index is 1090. The van der Waals surface area contributed by atoms with Crippen LogP contribution in [-0.4, -0.2) is 51.2 Å². The lowest BCUT2D eigenvalue weighted by Crippen LogP contribution is -2.40. The fourth-order valence-corrected chi connectivity index (χ4v) is 2.74. The lowest BCUT2D eigenvalue weighted by atomic mass is 10.2.